The maximum absolute atomic E-state index is 9.49. The summed E-state index contributed by atoms with van der Waals surface area (Å²) in [6, 6.07) is 0. The number of hydrogen-bond donors (Lipinski definition) is 1. The molecule has 1 aliphatic rings. The predicted molar refractivity (Wildman–Crippen MR) is 58.3 cm³/mol. The minimum atomic E-state index is -0.205. The smallest absolute Gasteiger partial charge is 0.107 e. The van der Waals surface area contributed by atoms with E-state index in [-0.39, 0.29) is 12.2 Å². The van der Waals surface area contributed by atoms with Gasteiger partial charge >= 0.3 is 0 Å². The highest BCUT2D eigenvalue weighted by atomic mass is 16.6. The zero-order valence-corrected chi connectivity index (χ0v) is 8.95. The van der Waals surface area contributed by atoms with Gasteiger partial charge in [0, 0.05) is 0 Å². The van der Waals surface area contributed by atoms with E-state index in [1.54, 1.807) is 0 Å². The van der Waals surface area contributed by atoms with E-state index in [2.05, 4.69) is 6.58 Å². The minimum Gasteiger partial charge on any atom is -0.390 e. The van der Waals surface area contributed by atoms with Crippen LogP contribution in [0.1, 0.15) is 44.9 Å². The molecule has 1 fully saturated rings. The average Bonchev–Trinajstić information content (AvgIpc) is 2.99. The summed E-state index contributed by atoms with van der Waals surface area (Å²) in [6.45, 7) is 4.46. The molecule has 2 nitrogen and oxygen atoms in total. The van der Waals surface area contributed by atoms with Gasteiger partial charge in [-0.1, -0.05) is 31.8 Å². The van der Waals surface area contributed by atoms with Crippen molar-refractivity contribution in [1.29, 1.82) is 0 Å². The van der Waals surface area contributed by atoms with Crippen LogP contribution >= 0.6 is 0 Å². The van der Waals surface area contributed by atoms with Crippen LogP contribution in [0, 0.1) is 0 Å². The molecular formula is C12H22O2. The minimum absolute atomic E-state index is 0.163. The van der Waals surface area contributed by atoms with E-state index in [1.165, 1.54) is 25.7 Å². The van der Waals surface area contributed by atoms with E-state index in [0.717, 1.165) is 25.9 Å². The van der Waals surface area contributed by atoms with E-state index in [4.69, 9.17) is 4.74 Å². The molecule has 14 heavy (non-hydrogen) atoms. The number of ether oxygens (including phenoxy) is 1. The third-order valence-electron chi connectivity index (χ3n) is 2.70. The molecule has 2 heteroatoms. The van der Waals surface area contributed by atoms with Gasteiger partial charge in [-0.3, -0.25) is 0 Å². The summed E-state index contributed by atoms with van der Waals surface area (Å²) in [4.78, 5) is 0. The van der Waals surface area contributed by atoms with Crippen LogP contribution < -0.4 is 0 Å². The maximum Gasteiger partial charge on any atom is 0.107 e. The van der Waals surface area contributed by atoms with Gasteiger partial charge in [-0.15, -0.1) is 6.58 Å². The molecule has 82 valence electrons. The Balaban J connectivity index is 1.77. The van der Waals surface area contributed by atoms with Crippen LogP contribution in [0.3, 0.4) is 0 Å². The first-order chi connectivity index (χ1) is 6.84. The van der Waals surface area contributed by atoms with E-state index in [1.807, 2.05) is 6.08 Å². The molecule has 1 aliphatic heterocycles. The predicted octanol–water partition coefficient (Wildman–Crippen LogP) is 2.66. The number of aliphatic hydroxyl groups excluding tert-OH is 1. The van der Waals surface area contributed by atoms with Crippen molar-refractivity contribution in [1.82, 2.24) is 0 Å². The second-order valence-corrected chi connectivity index (χ2v) is 4.07. The molecule has 0 spiro atoms. The first-order valence-corrected chi connectivity index (χ1v) is 5.75. The van der Waals surface area contributed by atoms with Gasteiger partial charge in [-0.25, -0.2) is 0 Å². The summed E-state index contributed by atoms with van der Waals surface area (Å²) >= 11 is 0. The lowest BCUT2D eigenvalue weighted by atomic mass is 10.1. The van der Waals surface area contributed by atoms with Gasteiger partial charge in [0.25, 0.3) is 0 Å². The second kappa shape index (κ2) is 7.02. The highest BCUT2D eigenvalue weighted by Crippen LogP contribution is 2.19. The number of epoxide rings is 1. The first-order valence-electron chi connectivity index (χ1n) is 5.75. The molecule has 2 unspecified atom stereocenters. The Morgan fingerprint density at radius 1 is 1.29 bits per heavy atom. The quantitative estimate of drug-likeness (QED) is 0.351. The van der Waals surface area contributed by atoms with Crippen LogP contribution in [0.25, 0.3) is 0 Å². The van der Waals surface area contributed by atoms with Crippen molar-refractivity contribution in [3.63, 3.8) is 0 Å². The van der Waals surface area contributed by atoms with Crippen LogP contribution in [0.4, 0.5) is 0 Å². The molecular weight excluding hydrogens is 176 g/mol. The summed E-state index contributed by atoms with van der Waals surface area (Å²) in [5.41, 5.74) is 0. The maximum atomic E-state index is 9.49. The van der Waals surface area contributed by atoms with Crippen molar-refractivity contribution in [3.05, 3.63) is 12.7 Å². The Bertz CT molecular complexity index is 152. The number of hydrogen-bond acceptors (Lipinski definition) is 2. The van der Waals surface area contributed by atoms with E-state index in [0.29, 0.717) is 0 Å². The van der Waals surface area contributed by atoms with E-state index < -0.39 is 0 Å². The van der Waals surface area contributed by atoms with Crippen molar-refractivity contribution in [2.24, 2.45) is 0 Å². The Kier molecular flexibility index (Phi) is 5.88. The molecule has 0 radical (unpaired) electrons. The van der Waals surface area contributed by atoms with Crippen LogP contribution in [0.5, 0.6) is 0 Å². The molecule has 0 saturated carbocycles. The average molecular weight is 198 g/mol. The summed E-state index contributed by atoms with van der Waals surface area (Å²) in [7, 11) is 0. The number of rotatable bonds is 9. The van der Waals surface area contributed by atoms with Gasteiger partial charge in [0.05, 0.1) is 12.7 Å². The lowest BCUT2D eigenvalue weighted by molar-refractivity contribution is 0.123. The SMILES string of the molecule is C=CCCCCCCCC(O)C1CO1. The summed E-state index contributed by atoms with van der Waals surface area (Å²) in [6.07, 6.45) is 10.2. The van der Waals surface area contributed by atoms with Crippen molar-refractivity contribution in [2.75, 3.05) is 6.61 Å². The topological polar surface area (TPSA) is 32.8 Å². The fourth-order valence-corrected chi connectivity index (χ4v) is 1.64. The zero-order valence-electron chi connectivity index (χ0n) is 8.95. The van der Waals surface area contributed by atoms with Gasteiger partial charge in [0.15, 0.2) is 0 Å². The Labute approximate surface area is 87.0 Å². The fraction of sp³-hybridized carbons (Fsp3) is 0.833. The van der Waals surface area contributed by atoms with Crippen LogP contribution in [0.15, 0.2) is 12.7 Å². The normalized spacial score (nSPS) is 21.9. The van der Waals surface area contributed by atoms with Crippen molar-refractivity contribution >= 4 is 0 Å². The fourth-order valence-electron chi connectivity index (χ4n) is 1.64. The Morgan fingerprint density at radius 3 is 2.57 bits per heavy atom. The van der Waals surface area contributed by atoms with Crippen molar-refractivity contribution in [2.45, 2.75) is 57.2 Å². The summed E-state index contributed by atoms with van der Waals surface area (Å²) < 4.78 is 5.02. The summed E-state index contributed by atoms with van der Waals surface area (Å²) in [5.74, 6) is 0. The molecule has 1 heterocycles. The third-order valence-corrected chi connectivity index (χ3v) is 2.70. The van der Waals surface area contributed by atoms with Gasteiger partial charge in [0.1, 0.15) is 6.10 Å². The summed E-state index contributed by atoms with van der Waals surface area (Å²) in [5, 5.41) is 9.49. The largest absolute Gasteiger partial charge is 0.390 e. The van der Waals surface area contributed by atoms with Gasteiger partial charge in [0.2, 0.25) is 0 Å². The van der Waals surface area contributed by atoms with Crippen molar-refractivity contribution < 1.29 is 9.84 Å². The van der Waals surface area contributed by atoms with Crippen molar-refractivity contribution in [3.8, 4) is 0 Å². The molecule has 1 rings (SSSR count). The molecule has 0 bridgehead atoms. The molecule has 1 saturated heterocycles. The van der Waals surface area contributed by atoms with Gasteiger partial charge < -0.3 is 9.84 Å². The molecule has 0 aromatic heterocycles. The Hall–Kier alpha value is -0.340. The molecule has 2 atom stereocenters. The molecule has 0 aliphatic carbocycles. The van der Waals surface area contributed by atoms with Gasteiger partial charge in [-0.2, -0.15) is 0 Å². The molecule has 0 aromatic carbocycles. The van der Waals surface area contributed by atoms with Crippen LogP contribution in [-0.4, -0.2) is 23.9 Å². The number of aliphatic hydroxyl groups is 1. The van der Waals surface area contributed by atoms with E-state index in [9.17, 15) is 5.11 Å². The molecule has 1 N–H and O–H groups in total. The standard InChI is InChI=1S/C12H22O2/c1-2-3-4-5-6-7-8-9-11(13)12-10-14-12/h2,11-13H,1,3-10H2. The Morgan fingerprint density at radius 2 is 1.93 bits per heavy atom. The first kappa shape index (κ1) is 11.7. The third kappa shape index (κ3) is 5.40. The highest BCUT2D eigenvalue weighted by Gasteiger charge is 2.30. The van der Waals surface area contributed by atoms with E-state index >= 15 is 0 Å². The zero-order chi connectivity index (χ0) is 10.2. The number of allylic oxidation sites excluding steroid dienone is 1. The van der Waals surface area contributed by atoms with Gasteiger partial charge in [-0.05, 0) is 19.3 Å². The lowest BCUT2D eigenvalue weighted by Crippen LogP contribution is -2.13. The second-order valence-electron chi connectivity index (χ2n) is 4.07. The van der Waals surface area contributed by atoms with Crippen LogP contribution in [0.2, 0.25) is 0 Å². The monoisotopic (exact) mass is 198 g/mol. The molecule has 0 amide bonds. The lowest BCUT2D eigenvalue weighted by Gasteiger charge is -2.06. The highest BCUT2D eigenvalue weighted by molar-refractivity contribution is 4.78. The number of unbranched alkanes of at least 4 members (excludes halogenated alkanes) is 5. The molecule has 0 aromatic rings. The van der Waals surface area contributed by atoms with Crippen LogP contribution in [-0.2, 0) is 4.74 Å².